The summed E-state index contributed by atoms with van der Waals surface area (Å²) in [5, 5.41) is 4.35. The first-order valence-electron chi connectivity index (χ1n) is 6.99. The van der Waals surface area contributed by atoms with E-state index in [1.54, 1.807) is 28.9 Å². The van der Waals surface area contributed by atoms with Gasteiger partial charge in [-0.2, -0.15) is 5.10 Å². The summed E-state index contributed by atoms with van der Waals surface area (Å²) in [6, 6.07) is 11.5. The van der Waals surface area contributed by atoms with Crippen molar-refractivity contribution in [3.05, 3.63) is 48.3 Å². The summed E-state index contributed by atoms with van der Waals surface area (Å²) in [5.41, 5.74) is 6.98. The van der Waals surface area contributed by atoms with E-state index in [-0.39, 0.29) is 23.7 Å². The number of para-hydroxylation sites is 1. The molecule has 1 amide bonds. The van der Waals surface area contributed by atoms with E-state index in [1.807, 2.05) is 44.2 Å². The zero-order valence-corrected chi connectivity index (χ0v) is 14.0. The van der Waals surface area contributed by atoms with E-state index in [0.29, 0.717) is 18.8 Å². The topological polar surface area (TPSA) is 64.2 Å². The molecular formula is C16H23ClN4O. The van der Waals surface area contributed by atoms with Gasteiger partial charge >= 0.3 is 0 Å². The SMILES string of the molecule is CN(CC(C)(C)CN)C(=O)c1ccn(-c2ccccc2)n1.Cl. The van der Waals surface area contributed by atoms with E-state index < -0.39 is 0 Å². The summed E-state index contributed by atoms with van der Waals surface area (Å²) in [5.74, 6) is -0.0915. The number of nitrogens with zero attached hydrogens (tertiary/aromatic N) is 3. The minimum atomic E-state index is -0.105. The van der Waals surface area contributed by atoms with Gasteiger partial charge in [0.1, 0.15) is 0 Å². The third-order valence-corrected chi connectivity index (χ3v) is 3.39. The first-order chi connectivity index (χ1) is 9.93. The van der Waals surface area contributed by atoms with Gasteiger partial charge in [-0.15, -0.1) is 12.4 Å². The maximum absolute atomic E-state index is 12.4. The first kappa shape index (κ1) is 18.2. The number of halogens is 1. The van der Waals surface area contributed by atoms with Gasteiger partial charge in [0.05, 0.1) is 5.69 Å². The lowest BCUT2D eigenvalue weighted by Gasteiger charge is -2.28. The largest absolute Gasteiger partial charge is 0.340 e. The van der Waals surface area contributed by atoms with Crippen LogP contribution in [0.1, 0.15) is 24.3 Å². The minimum absolute atomic E-state index is 0. The zero-order chi connectivity index (χ0) is 15.5. The van der Waals surface area contributed by atoms with Crippen LogP contribution in [0.2, 0.25) is 0 Å². The van der Waals surface area contributed by atoms with Crippen molar-refractivity contribution in [3.63, 3.8) is 0 Å². The Morgan fingerprint density at radius 2 is 1.91 bits per heavy atom. The fraction of sp³-hybridized carbons (Fsp3) is 0.375. The monoisotopic (exact) mass is 322 g/mol. The molecule has 1 aromatic carbocycles. The molecule has 2 rings (SSSR count). The van der Waals surface area contributed by atoms with E-state index >= 15 is 0 Å². The van der Waals surface area contributed by atoms with Gasteiger partial charge in [0.15, 0.2) is 5.69 Å². The van der Waals surface area contributed by atoms with Crippen LogP contribution >= 0.6 is 12.4 Å². The van der Waals surface area contributed by atoms with Crippen LogP contribution in [0.5, 0.6) is 0 Å². The fourth-order valence-electron chi connectivity index (χ4n) is 2.14. The molecule has 0 saturated carbocycles. The van der Waals surface area contributed by atoms with Crippen molar-refractivity contribution in [2.45, 2.75) is 13.8 Å². The number of carbonyl (C=O) groups is 1. The van der Waals surface area contributed by atoms with Crippen LogP contribution in [0.3, 0.4) is 0 Å². The predicted octanol–water partition coefficient (Wildman–Crippen LogP) is 2.35. The molecule has 22 heavy (non-hydrogen) atoms. The second-order valence-electron chi connectivity index (χ2n) is 6.01. The molecule has 5 nitrogen and oxygen atoms in total. The second kappa shape index (κ2) is 7.42. The quantitative estimate of drug-likeness (QED) is 0.919. The fourth-order valence-corrected chi connectivity index (χ4v) is 2.14. The van der Waals surface area contributed by atoms with E-state index in [4.69, 9.17) is 5.73 Å². The molecule has 1 heterocycles. The third kappa shape index (κ3) is 4.32. The number of nitrogens with two attached hydrogens (primary N) is 1. The summed E-state index contributed by atoms with van der Waals surface area (Å²) in [6.45, 7) is 5.21. The summed E-state index contributed by atoms with van der Waals surface area (Å²) in [7, 11) is 1.78. The molecule has 0 unspecified atom stereocenters. The maximum atomic E-state index is 12.4. The molecule has 0 radical (unpaired) electrons. The molecule has 0 aliphatic carbocycles. The predicted molar refractivity (Wildman–Crippen MR) is 90.6 cm³/mol. The Morgan fingerprint density at radius 1 is 1.27 bits per heavy atom. The molecule has 0 bridgehead atoms. The number of amides is 1. The van der Waals surface area contributed by atoms with Gasteiger partial charge < -0.3 is 10.6 Å². The Balaban J connectivity index is 0.00000242. The second-order valence-corrected chi connectivity index (χ2v) is 6.01. The van der Waals surface area contributed by atoms with Crippen molar-refractivity contribution in [2.75, 3.05) is 20.1 Å². The number of benzene rings is 1. The van der Waals surface area contributed by atoms with Gasteiger partial charge in [-0.05, 0) is 30.2 Å². The number of aromatic nitrogens is 2. The van der Waals surface area contributed by atoms with E-state index in [2.05, 4.69) is 5.10 Å². The lowest BCUT2D eigenvalue weighted by Crippen LogP contribution is -2.39. The van der Waals surface area contributed by atoms with Crippen molar-refractivity contribution in [3.8, 4) is 5.69 Å². The summed E-state index contributed by atoms with van der Waals surface area (Å²) in [4.78, 5) is 14.1. The highest BCUT2D eigenvalue weighted by Gasteiger charge is 2.23. The van der Waals surface area contributed by atoms with Crippen LogP contribution in [-0.2, 0) is 0 Å². The van der Waals surface area contributed by atoms with Gasteiger partial charge in [0.2, 0.25) is 0 Å². The van der Waals surface area contributed by atoms with E-state index in [0.717, 1.165) is 5.69 Å². The molecule has 0 aliphatic heterocycles. The number of carbonyl (C=O) groups excluding carboxylic acids is 1. The zero-order valence-electron chi connectivity index (χ0n) is 13.2. The average Bonchev–Trinajstić information content (AvgIpc) is 2.96. The summed E-state index contributed by atoms with van der Waals surface area (Å²) in [6.07, 6.45) is 1.80. The molecule has 120 valence electrons. The van der Waals surface area contributed by atoms with Crippen LogP contribution in [0.15, 0.2) is 42.6 Å². The Hall–Kier alpha value is -1.85. The highest BCUT2D eigenvalue weighted by atomic mass is 35.5. The summed E-state index contributed by atoms with van der Waals surface area (Å²) < 4.78 is 1.70. The van der Waals surface area contributed by atoms with E-state index in [1.165, 1.54) is 0 Å². The van der Waals surface area contributed by atoms with Crippen LogP contribution in [0, 0.1) is 5.41 Å². The third-order valence-electron chi connectivity index (χ3n) is 3.39. The number of hydrogen-bond acceptors (Lipinski definition) is 3. The molecule has 2 aromatic rings. The highest BCUT2D eigenvalue weighted by molar-refractivity contribution is 5.92. The summed E-state index contributed by atoms with van der Waals surface area (Å²) >= 11 is 0. The lowest BCUT2D eigenvalue weighted by molar-refractivity contribution is 0.0734. The smallest absolute Gasteiger partial charge is 0.274 e. The Bertz CT molecular complexity index is 610. The molecule has 0 fully saturated rings. The Kier molecular flexibility index (Phi) is 6.14. The van der Waals surface area contributed by atoms with E-state index in [9.17, 15) is 4.79 Å². The standard InChI is InChI=1S/C16H22N4O.ClH/c1-16(2,11-17)12-19(3)15(21)14-9-10-20(18-14)13-7-5-4-6-8-13;/h4-10H,11-12,17H2,1-3H3;1H. The molecule has 1 aromatic heterocycles. The van der Waals surface area contributed by atoms with Gasteiger partial charge in [-0.25, -0.2) is 4.68 Å². The van der Waals surface area contributed by atoms with Crippen molar-refractivity contribution < 1.29 is 4.79 Å². The van der Waals surface area contributed by atoms with Gasteiger partial charge in [-0.3, -0.25) is 4.79 Å². The minimum Gasteiger partial charge on any atom is -0.340 e. The Morgan fingerprint density at radius 3 is 2.50 bits per heavy atom. The van der Waals surface area contributed by atoms with Crippen LogP contribution < -0.4 is 5.73 Å². The molecular weight excluding hydrogens is 300 g/mol. The Labute approximate surface area is 137 Å². The van der Waals surface area contributed by atoms with Crippen molar-refractivity contribution in [1.29, 1.82) is 0 Å². The molecule has 2 N–H and O–H groups in total. The maximum Gasteiger partial charge on any atom is 0.274 e. The molecule has 0 spiro atoms. The van der Waals surface area contributed by atoms with Crippen LogP contribution in [0.25, 0.3) is 5.69 Å². The highest BCUT2D eigenvalue weighted by Crippen LogP contribution is 2.15. The van der Waals surface area contributed by atoms with Gasteiger partial charge in [0.25, 0.3) is 5.91 Å². The van der Waals surface area contributed by atoms with Gasteiger partial charge in [-0.1, -0.05) is 32.0 Å². The van der Waals surface area contributed by atoms with Crippen molar-refractivity contribution in [1.82, 2.24) is 14.7 Å². The van der Waals surface area contributed by atoms with Crippen molar-refractivity contribution >= 4 is 18.3 Å². The van der Waals surface area contributed by atoms with Gasteiger partial charge in [0, 0.05) is 19.8 Å². The lowest BCUT2D eigenvalue weighted by atomic mass is 9.93. The number of rotatable bonds is 5. The molecule has 6 heteroatoms. The molecule has 0 saturated heterocycles. The van der Waals surface area contributed by atoms with Crippen molar-refractivity contribution in [2.24, 2.45) is 11.1 Å². The van der Waals surface area contributed by atoms with Crippen LogP contribution in [-0.4, -0.2) is 40.7 Å². The van der Waals surface area contributed by atoms with Crippen LogP contribution in [0.4, 0.5) is 0 Å². The molecule has 0 atom stereocenters. The average molecular weight is 323 g/mol. The first-order valence-corrected chi connectivity index (χ1v) is 6.99. The normalized spacial score (nSPS) is 10.9. The number of hydrogen-bond donors (Lipinski definition) is 1. The molecule has 0 aliphatic rings.